The molecule has 2 aromatic heterocycles. The van der Waals surface area contributed by atoms with E-state index in [4.69, 9.17) is 0 Å². The number of aromatic nitrogens is 4. The maximum Gasteiger partial charge on any atom is 0.272 e. The van der Waals surface area contributed by atoms with E-state index >= 15 is 0 Å². The van der Waals surface area contributed by atoms with Crippen LogP contribution in [0.1, 0.15) is 10.5 Å². The van der Waals surface area contributed by atoms with Crippen molar-refractivity contribution in [2.75, 3.05) is 24.6 Å². The number of carbonyl (C=O) groups is 1. The first-order valence-corrected chi connectivity index (χ1v) is 7.09. The number of rotatable bonds is 4. The maximum absolute atomic E-state index is 12.2. The summed E-state index contributed by atoms with van der Waals surface area (Å²) in [5.41, 5.74) is 0.375. The Morgan fingerprint density at radius 3 is 2.95 bits per heavy atom. The molecule has 0 unspecified atom stereocenters. The summed E-state index contributed by atoms with van der Waals surface area (Å²) in [4.78, 5) is 22.3. The molecule has 2 atom stereocenters. The summed E-state index contributed by atoms with van der Waals surface area (Å²) < 4.78 is 1.58. The van der Waals surface area contributed by atoms with Crippen LogP contribution in [0.15, 0.2) is 30.9 Å². The van der Waals surface area contributed by atoms with Crippen LogP contribution in [-0.2, 0) is 7.05 Å². The fraction of sp³-hybridized carbons (Fsp3) is 0.429. The molecular formula is C14H18N6O2. The second-order valence-electron chi connectivity index (χ2n) is 5.37. The van der Waals surface area contributed by atoms with Crippen LogP contribution in [0.5, 0.6) is 0 Å². The van der Waals surface area contributed by atoms with Crippen LogP contribution in [0.2, 0.25) is 0 Å². The lowest BCUT2D eigenvalue weighted by molar-refractivity contribution is 0.0916. The molecule has 0 spiro atoms. The molecular weight excluding hydrogens is 284 g/mol. The van der Waals surface area contributed by atoms with E-state index in [0.717, 1.165) is 5.82 Å². The largest absolute Gasteiger partial charge is 0.396 e. The van der Waals surface area contributed by atoms with Gasteiger partial charge in [0.15, 0.2) is 0 Å². The van der Waals surface area contributed by atoms with Gasteiger partial charge in [0.2, 0.25) is 0 Å². The molecule has 116 valence electrons. The number of nitrogens with zero attached hydrogens (tertiary/aromatic N) is 5. The van der Waals surface area contributed by atoms with Crippen LogP contribution >= 0.6 is 0 Å². The summed E-state index contributed by atoms with van der Waals surface area (Å²) in [6.07, 6.45) is 4.89. The molecule has 0 saturated carbocycles. The minimum absolute atomic E-state index is 0.00868. The van der Waals surface area contributed by atoms with Crippen LogP contribution in [-0.4, -0.2) is 56.5 Å². The van der Waals surface area contributed by atoms with Crippen molar-refractivity contribution < 1.29 is 9.90 Å². The van der Waals surface area contributed by atoms with Gasteiger partial charge in [0, 0.05) is 45.1 Å². The van der Waals surface area contributed by atoms with Gasteiger partial charge < -0.3 is 15.3 Å². The average molecular weight is 302 g/mol. The van der Waals surface area contributed by atoms with E-state index in [1.165, 1.54) is 6.33 Å². The van der Waals surface area contributed by atoms with E-state index in [0.29, 0.717) is 18.8 Å². The van der Waals surface area contributed by atoms with Crippen molar-refractivity contribution >= 4 is 11.7 Å². The highest BCUT2D eigenvalue weighted by molar-refractivity contribution is 5.92. The lowest BCUT2D eigenvalue weighted by Crippen LogP contribution is -2.41. The van der Waals surface area contributed by atoms with Gasteiger partial charge in [-0.2, -0.15) is 5.10 Å². The molecule has 1 amide bonds. The SMILES string of the molecule is Cn1ccc(C(=O)N[C@@H]2CN(c3ccncn3)C[C@H]2CO)n1. The molecule has 2 aromatic rings. The Kier molecular flexibility index (Phi) is 4.01. The fourth-order valence-corrected chi connectivity index (χ4v) is 2.66. The van der Waals surface area contributed by atoms with Gasteiger partial charge in [-0.1, -0.05) is 0 Å². The molecule has 1 fully saturated rings. The molecule has 2 N–H and O–H groups in total. The number of hydrogen-bond donors (Lipinski definition) is 2. The normalized spacial score (nSPS) is 21.1. The molecule has 0 aliphatic carbocycles. The van der Waals surface area contributed by atoms with E-state index in [1.54, 1.807) is 30.2 Å². The second-order valence-corrected chi connectivity index (χ2v) is 5.37. The third kappa shape index (κ3) is 2.91. The van der Waals surface area contributed by atoms with Gasteiger partial charge in [0.05, 0.1) is 6.04 Å². The Bertz CT molecular complexity index is 644. The molecule has 0 radical (unpaired) electrons. The first-order valence-electron chi connectivity index (χ1n) is 7.09. The van der Waals surface area contributed by atoms with Crippen LogP contribution in [0.25, 0.3) is 0 Å². The summed E-state index contributed by atoms with van der Waals surface area (Å²) >= 11 is 0. The van der Waals surface area contributed by atoms with Gasteiger partial charge in [-0.25, -0.2) is 9.97 Å². The van der Waals surface area contributed by atoms with Crippen LogP contribution in [0.3, 0.4) is 0 Å². The highest BCUT2D eigenvalue weighted by Gasteiger charge is 2.34. The van der Waals surface area contributed by atoms with Gasteiger partial charge in [-0.15, -0.1) is 0 Å². The van der Waals surface area contributed by atoms with Gasteiger partial charge >= 0.3 is 0 Å². The highest BCUT2D eigenvalue weighted by atomic mass is 16.3. The molecule has 8 nitrogen and oxygen atoms in total. The third-order valence-corrected chi connectivity index (χ3v) is 3.83. The second kappa shape index (κ2) is 6.10. The van der Waals surface area contributed by atoms with Gasteiger partial charge in [0.25, 0.3) is 5.91 Å². The van der Waals surface area contributed by atoms with E-state index in [1.807, 2.05) is 11.0 Å². The lowest BCUT2D eigenvalue weighted by Gasteiger charge is -2.17. The maximum atomic E-state index is 12.2. The molecule has 22 heavy (non-hydrogen) atoms. The molecule has 8 heteroatoms. The van der Waals surface area contributed by atoms with Crippen molar-refractivity contribution in [3.8, 4) is 0 Å². The lowest BCUT2D eigenvalue weighted by atomic mass is 10.1. The molecule has 0 aromatic carbocycles. The molecule has 1 aliphatic heterocycles. The zero-order valence-corrected chi connectivity index (χ0v) is 12.3. The van der Waals surface area contributed by atoms with Crippen molar-refractivity contribution in [1.82, 2.24) is 25.1 Å². The van der Waals surface area contributed by atoms with Crippen molar-refractivity contribution in [2.45, 2.75) is 6.04 Å². The van der Waals surface area contributed by atoms with Gasteiger partial charge in [-0.3, -0.25) is 9.48 Å². The molecule has 0 bridgehead atoms. The van der Waals surface area contributed by atoms with Crippen LogP contribution in [0.4, 0.5) is 5.82 Å². The molecule has 1 aliphatic rings. The quantitative estimate of drug-likeness (QED) is 0.786. The fourth-order valence-electron chi connectivity index (χ4n) is 2.66. The predicted octanol–water partition coefficient (Wildman–Crippen LogP) is -0.563. The van der Waals surface area contributed by atoms with E-state index < -0.39 is 0 Å². The number of hydrogen-bond acceptors (Lipinski definition) is 6. The number of carbonyl (C=O) groups excluding carboxylic acids is 1. The zero-order chi connectivity index (χ0) is 15.5. The first-order chi connectivity index (χ1) is 10.7. The number of aliphatic hydroxyl groups is 1. The van der Waals surface area contributed by atoms with Crippen molar-refractivity contribution in [2.24, 2.45) is 13.0 Å². The number of anilines is 1. The molecule has 1 saturated heterocycles. The highest BCUT2D eigenvalue weighted by Crippen LogP contribution is 2.22. The minimum atomic E-state index is -0.228. The predicted molar refractivity (Wildman–Crippen MR) is 79.3 cm³/mol. The zero-order valence-electron chi connectivity index (χ0n) is 12.3. The summed E-state index contributed by atoms with van der Waals surface area (Å²) in [6.45, 7) is 1.25. The Labute approximate surface area is 127 Å². The van der Waals surface area contributed by atoms with Gasteiger partial charge in [0.1, 0.15) is 17.8 Å². The summed E-state index contributed by atoms with van der Waals surface area (Å²) in [6, 6.07) is 3.34. The third-order valence-electron chi connectivity index (χ3n) is 3.83. The summed E-state index contributed by atoms with van der Waals surface area (Å²) in [5.74, 6) is 0.527. The monoisotopic (exact) mass is 302 g/mol. The van der Waals surface area contributed by atoms with Crippen molar-refractivity contribution in [1.29, 1.82) is 0 Å². The first kappa shape index (κ1) is 14.5. The van der Waals surface area contributed by atoms with Crippen LogP contribution in [0, 0.1) is 5.92 Å². The Morgan fingerprint density at radius 2 is 2.32 bits per heavy atom. The number of aryl methyl sites for hydroxylation is 1. The number of nitrogens with one attached hydrogen (secondary N) is 1. The van der Waals surface area contributed by atoms with E-state index in [-0.39, 0.29) is 24.5 Å². The molecule has 3 heterocycles. The van der Waals surface area contributed by atoms with Crippen LogP contribution < -0.4 is 10.2 Å². The Morgan fingerprint density at radius 1 is 1.45 bits per heavy atom. The Balaban J connectivity index is 1.69. The standard InChI is InChI=1S/C14H18N6O2/c1-19-5-3-11(18-19)14(22)17-12-7-20(6-10(12)8-21)13-2-4-15-9-16-13/h2-5,9-10,12,21H,6-8H2,1H3,(H,17,22)/t10-,12+/m0/s1. The van der Waals surface area contributed by atoms with E-state index in [9.17, 15) is 9.90 Å². The number of aliphatic hydroxyl groups excluding tert-OH is 1. The molecule has 3 rings (SSSR count). The average Bonchev–Trinajstić information content (AvgIpc) is 3.14. The summed E-state index contributed by atoms with van der Waals surface area (Å²) in [7, 11) is 1.76. The topological polar surface area (TPSA) is 96.2 Å². The van der Waals surface area contributed by atoms with Gasteiger partial charge in [-0.05, 0) is 12.1 Å². The Hall–Kier alpha value is -2.48. The smallest absolute Gasteiger partial charge is 0.272 e. The minimum Gasteiger partial charge on any atom is -0.396 e. The summed E-state index contributed by atoms with van der Waals surface area (Å²) in [5, 5.41) is 16.6. The van der Waals surface area contributed by atoms with E-state index in [2.05, 4.69) is 20.4 Å². The van der Waals surface area contributed by atoms with Crippen molar-refractivity contribution in [3.05, 3.63) is 36.5 Å². The van der Waals surface area contributed by atoms with Crippen molar-refractivity contribution in [3.63, 3.8) is 0 Å². The number of amides is 1.